The average Bonchev–Trinajstić information content (AvgIpc) is 3.33. The van der Waals surface area contributed by atoms with Gasteiger partial charge in [-0.3, -0.25) is 0 Å². The molecule has 31 heavy (non-hydrogen) atoms. The second-order valence-corrected chi connectivity index (χ2v) is 9.78. The van der Waals surface area contributed by atoms with Crippen molar-refractivity contribution >= 4 is 16.0 Å². The smallest absolute Gasteiger partial charge is 0.243 e. The summed E-state index contributed by atoms with van der Waals surface area (Å²) < 4.78 is 33.2. The second kappa shape index (κ2) is 10.3. The fraction of sp³-hybridized carbons (Fsp3) is 0.500. The molecule has 0 spiro atoms. The fourth-order valence-electron chi connectivity index (χ4n) is 3.56. The van der Waals surface area contributed by atoms with Crippen molar-refractivity contribution in [3.63, 3.8) is 0 Å². The van der Waals surface area contributed by atoms with Gasteiger partial charge in [0.1, 0.15) is 11.4 Å². The summed E-state index contributed by atoms with van der Waals surface area (Å²) in [4.78, 5) is 4.86. The number of hydrogen-bond acceptors (Lipinski definition) is 5. The third-order valence-electron chi connectivity index (χ3n) is 5.31. The van der Waals surface area contributed by atoms with Gasteiger partial charge in [-0.15, -0.1) is 0 Å². The van der Waals surface area contributed by atoms with Crippen LogP contribution in [0.5, 0.6) is 0 Å². The SMILES string of the molecule is CCNC(=NCc1ccccc1S(=O)(=O)N1CCCCC1)NCC(C)(O)c1ccco1. The lowest BCUT2D eigenvalue weighted by Gasteiger charge is -2.26. The Hall–Kier alpha value is -2.36. The van der Waals surface area contributed by atoms with Gasteiger partial charge in [0.15, 0.2) is 5.96 Å². The van der Waals surface area contributed by atoms with Gasteiger partial charge in [0.2, 0.25) is 10.0 Å². The summed E-state index contributed by atoms with van der Waals surface area (Å²) in [6.45, 7) is 5.72. The van der Waals surface area contributed by atoms with Gasteiger partial charge in [0.05, 0.1) is 24.2 Å². The molecule has 2 heterocycles. The van der Waals surface area contributed by atoms with Crippen molar-refractivity contribution in [2.75, 3.05) is 26.2 Å². The third kappa shape index (κ3) is 5.87. The number of hydrogen-bond donors (Lipinski definition) is 3. The minimum atomic E-state index is -3.55. The molecule has 3 N–H and O–H groups in total. The van der Waals surface area contributed by atoms with E-state index in [9.17, 15) is 13.5 Å². The second-order valence-electron chi connectivity index (χ2n) is 7.87. The van der Waals surface area contributed by atoms with E-state index >= 15 is 0 Å². The first kappa shape index (κ1) is 23.3. The molecule has 0 aliphatic carbocycles. The van der Waals surface area contributed by atoms with Crippen LogP contribution in [0, 0.1) is 0 Å². The first-order valence-electron chi connectivity index (χ1n) is 10.7. The molecule has 0 bridgehead atoms. The number of aliphatic imine (C=N–C) groups is 1. The maximum atomic E-state index is 13.2. The lowest BCUT2D eigenvalue weighted by atomic mass is 10.0. The highest BCUT2D eigenvalue weighted by molar-refractivity contribution is 7.89. The number of benzene rings is 1. The van der Waals surface area contributed by atoms with Gasteiger partial charge >= 0.3 is 0 Å². The van der Waals surface area contributed by atoms with Crippen LogP contribution in [0.1, 0.15) is 44.4 Å². The van der Waals surface area contributed by atoms with Crippen LogP contribution in [0.15, 0.2) is 57.0 Å². The lowest BCUT2D eigenvalue weighted by Crippen LogP contribution is -2.44. The van der Waals surface area contributed by atoms with Crippen LogP contribution in [0.2, 0.25) is 0 Å². The quantitative estimate of drug-likeness (QED) is 0.423. The summed E-state index contributed by atoms with van der Waals surface area (Å²) >= 11 is 0. The van der Waals surface area contributed by atoms with Crippen LogP contribution in [-0.4, -0.2) is 50.0 Å². The van der Waals surface area contributed by atoms with Crippen molar-refractivity contribution in [1.29, 1.82) is 0 Å². The molecule has 1 aliphatic rings. The van der Waals surface area contributed by atoms with Crippen LogP contribution >= 0.6 is 0 Å². The lowest BCUT2D eigenvalue weighted by molar-refractivity contribution is 0.0386. The zero-order chi connectivity index (χ0) is 22.3. The first-order chi connectivity index (χ1) is 14.8. The van der Waals surface area contributed by atoms with Crippen LogP contribution < -0.4 is 10.6 Å². The van der Waals surface area contributed by atoms with Crippen LogP contribution in [0.3, 0.4) is 0 Å². The summed E-state index contributed by atoms with van der Waals surface area (Å²) in [5.41, 5.74) is -0.571. The minimum absolute atomic E-state index is 0.181. The number of nitrogens with one attached hydrogen (secondary N) is 2. The van der Waals surface area contributed by atoms with E-state index < -0.39 is 15.6 Å². The first-order valence-corrected chi connectivity index (χ1v) is 12.1. The monoisotopic (exact) mass is 448 g/mol. The predicted octanol–water partition coefficient (Wildman–Crippen LogP) is 2.42. The van der Waals surface area contributed by atoms with Crippen molar-refractivity contribution in [3.05, 3.63) is 54.0 Å². The van der Waals surface area contributed by atoms with Crippen LogP contribution in [0.25, 0.3) is 0 Å². The van der Waals surface area contributed by atoms with Crippen molar-refractivity contribution in [3.8, 4) is 0 Å². The molecule has 2 aromatic rings. The number of piperidine rings is 1. The minimum Gasteiger partial charge on any atom is -0.466 e. The largest absolute Gasteiger partial charge is 0.466 e. The fourth-order valence-corrected chi connectivity index (χ4v) is 5.30. The van der Waals surface area contributed by atoms with E-state index in [0.717, 1.165) is 19.3 Å². The van der Waals surface area contributed by atoms with Crippen LogP contribution in [-0.2, 0) is 22.2 Å². The Balaban J connectivity index is 1.75. The Morgan fingerprint density at radius 3 is 2.58 bits per heavy atom. The molecular weight excluding hydrogens is 416 g/mol. The molecule has 1 fully saturated rings. The van der Waals surface area contributed by atoms with Gasteiger partial charge in [-0.2, -0.15) is 4.31 Å². The van der Waals surface area contributed by atoms with E-state index in [4.69, 9.17) is 4.42 Å². The topological polar surface area (TPSA) is 107 Å². The molecule has 0 radical (unpaired) electrons. The molecule has 0 amide bonds. The number of sulfonamides is 1. The number of aliphatic hydroxyl groups is 1. The Labute approximate surface area is 184 Å². The Morgan fingerprint density at radius 1 is 1.16 bits per heavy atom. The highest BCUT2D eigenvalue weighted by atomic mass is 32.2. The molecule has 1 atom stereocenters. The Morgan fingerprint density at radius 2 is 1.90 bits per heavy atom. The molecule has 1 saturated heterocycles. The molecule has 1 aliphatic heterocycles. The number of nitrogens with zero attached hydrogens (tertiary/aromatic N) is 2. The normalized spacial score (nSPS) is 17.8. The van der Waals surface area contributed by atoms with Crippen molar-refractivity contribution in [1.82, 2.24) is 14.9 Å². The summed E-state index contributed by atoms with van der Waals surface area (Å²) in [6.07, 6.45) is 4.37. The molecule has 0 saturated carbocycles. The summed E-state index contributed by atoms with van der Waals surface area (Å²) in [5.74, 6) is 0.938. The van der Waals surface area contributed by atoms with E-state index in [2.05, 4.69) is 15.6 Å². The summed E-state index contributed by atoms with van der Waals surface area (Å²) in [6, 6.07) is 10.5. The molecule has 1 aromatic heterocycles. The number of furan rings is 1. The molecular formula is C22H32N4O4S. The predicted molar refractivity (Wildman–Crippen MR) is 120 cm³/mol. The van der Waals surface area contributed by atoms with E-state index in [1.807, 2.05) is 13.0 Å². The zero-order valence-electron chi connectivity index (χ0n) is 18.2. The highest BCUT2D eigenvalue weighted by Crippen LogP contribution is 2.24. The molecule has 1 unspecified atom stereocenters. The maximum Gasteiger partial charge on any atom is 0.243 e. The summed E-state index contributed by atoms with van der Waals surface area (Å²) in [5, 5.41) is 16.9. The van der Waals surface area contributed by atoms with Crippen molar-refractivity contribution < 1.29 is 17.9 Å². The molecule has 1 aromatic carbocycles. The number of guanidine groups is 1. The van der Waals surface area contributed by atoms with Crippen LogP contribution in [0.4, 0.5) is 0 Å². The maximum absolute atomic E-state index is 13.2. The third-order valence-corrected chi connectivity index (χ3v) is 7.31. The van der Waals surface area contributed by atoms with Gasteiger partial charge < -0.3 is 20.2 Å². The molecule has 3 rings (SSSR count). The molecule has 9 heteroatoms. The number of rotatable bonds is 8. The van der Waals surface area contributed by atoms with Crippen molar-refractivity contribution in [2.24, 2.45) is 4.99 Å². The van der Waals surface area contributed by atoms with E-state index in [0.29, 0.717) is 41.8 Å². The summed E-state index contributed by atoms with van der Waals surface area (Å²) in [7, 11) is -3.55. The van der Waals surface area contributed by atoms with E-state index in [1.54, 1.807) is 41.6 Å². The van der Waals surface area contributed by atoms with Gasteiger partial charge in [0, 0.05) is 19.6 Å². The molecule has 8 nitrogen and oxygen atoms in total. The zero-order valence-corrected chi connectivity index (χ0v) is 19.0. The van der Waals surface area contributed by atoms with Gasteiger partial charge in [-0.1, -0.05) is 24.6 Å². The average molecular weight is 449 g/mol. The van der Waals surface area contributed by atoms with Gasteiger partial charge in [0.25, 0.3) is 0 Å². The standard InChI is InChI=1S/C22H32N4O4S/c1-3-23-21(25-17-22(2,27)20-12-9-15-30-20)24-16-18-10-5-6-11-19(18)31(28,29)26-13-7-4-8-14-26/h5-6,9-12,15,27H,3-4,7-8,13-14,16-17H2,1-2H3,(H2,23,24,25). The molecule has 170 valence electrons. The highest BCUT2D eigenvalue weighted by Gasteiger charge is 2.28. The van der Waals surface area contributed by atoms with Gasteiger partial charge in [-0.25, -0.2) is 13.4 Å². The van der Waals surface area contributed by atoms with Gasteiger partial charge in [-0.05, 0) is 50.5 Å². The van der Waals surface area contributed by atoms with Crippen molar-refractivity contribution in [2.45, 2.75) is 50.2 Å². The van der Waals surface area contributed by atoms with E-state index in [-0.39, 0.29) is 13.1 Å². The van der Waals surface area contributed by atoms with E-state index in [1.165, 1.54) is 6.26 Å². The Bertz CT molecular complexity index is 965. The Kier molecular flexibility index (Phi) is 7.74.